The molecule has 2 amide bonds. The summed E-state index contributed by atoms with van der Waals surface area (Å²) in [5.74, 6) is 0.173. The van der Waals surface area contributed by atoms with Gasteiger partial charge in [-0.3, -0.25) is 4.79 Å². The highest BCUT2D eigenvalue weighted by atomic mass is 16.6. The van der Waals surface area contributed by atoms with Gasteiger partial charge in [0.15, 0.2) is 0 Å². The van der Waals surface area contributed by atoms with Crippen molar-refractivity contribution in [1.82, 2.24) is 4.90 Å². The average molecular weight is 318 g/mol. The van der Waals surface area contributed by atoms with Crippen LogP contribution in [0.2, 0.25) is 0 Å². The van der Waals surface area contributed by atoms with Gasteiger partial charge >= 0.3 is 6.09 Å². The Bertz CT molecular complexity index is 537. The molecule has 0 radical (unpaired) electrons. The number of benzene rings is 1. The van der Waals surface area contributed by atoms with Crippen LogP contribution in [0.15, 0.2) is 30.3 Å². The molecule has 0 saturated carbocycles. The van der Waals surface area contributed by atoms with Crippen LogP contribution >= 0.6 is 0 Å². The van der Waals surface area contributed by atoms with Crippen LogP contribution in [0.25, 0.3) is 0 Å². The Morgan fingerprint density at radius 1 is 1.26 bits per heavy atom. The molecule has 0 bridgehead atoms. The Hall–Kier alpha value is -2.04. The Balaban J connectivity index is 1.84. The number of nitrogens with zero attached hydrogens (tertiary/aromatic N) is 1. The summed E-state index contributed by atoms with van der Waals surface area (Å²) in [5.41, 5.74) is 0.312. The fourth-order valence-corrected chi connectivity index (χ4v) is 2.72. The summed E-state index contributed by atoms with van der Waals surface area (Å²) in [6, 6.07) is 9.42. The Morgan fingerprint density at radius 2 is 1.96 bits per heavy atom. The van der Waals surface area contributed by atoms with Crippen LogP contribution in [-0.2, 0) is 9.53 Å². The first kappa shape index (κ1) is 17.3. The number of amides is 2. The molecule has 5 nitrogen and oxygen atoms in total. The number of hydrogen-bond donors (Lipinski definition) is 1. The fraction of sp³-hybridized carbons (Fsp3) is 0.556. The van der Waals surface area contributed by atoms with Gasteiger partial charge in [0.2, 0.25) is 5.91 Å². The minimum atomic E-state index is -0.491. The summed E-state index contributed by atoms with van der Waals surface area (Å²) in [5, 5.41) is 2.90. The van der Waals surface area contributed by atoms with E-state index in [0.29, 0.717) is 19.5 Å². The van der Waals surface area contributed by atoms with Gasteiger partial charge in [-0.05, 0) is 51.7 Å². The van der Waals surface area contributed by atoms with E-state index in [-0.39, 0.29) is 17.9 Å². The van der Waals surface area contributed by atoms with Gasteiger partial charge < -0.3 is 15.0 Å². The molecule has 1 unspecified atom stereocenters. The molecule has 0 aromatic heterocycles. The summed E-state index contributed by atoms with van der Waals surface area (Å²) in [4.78, 5) is 26.0. The lowest BCUT2D eigenvalue weighted by Crippen LogP contribution is -2.43. The predicted octanol–water partition coefficient (Wildman–Crippen LogP) is 3.66. The average Bonchev–Trinajstić information content (AvgIpc) is 2.46. The van der Waals surface area contributed by atoms with Gasteiger partial charge in [-0.15, -0.1) is 0 Å². The van der Waals surface area contributed by atoms with Gasteiger partial charge in [-0.25, -0.2) is 4.79 Å². The maximum Gasteiger partial charge on any atom is 0.410 e. The van der Waals surface area contributed by atoms with Crippen molar-refractivity contribution in [3.63, 3.8) is 0 Å². The van der Waals surface area contributed by atoms with Crippen molar-refractivity contribution in [2.75, 3.05) is 18.4 Å². The molecule has 1 fully saturated rings. The summed E-state index contributed by atoms with van der Waals surface area (Å²) in [7, 11) is 0. The highest BCUT2D eigenvalue weighted by Crippen LogP contribution is 2.22. The molecule has 1 aliphatic heterocycles. The van der Waals surface area contributed by atoms with Crippen molar-refractivity contribution in [1.29, 1.82) is 0 Å². The molecule has 1 N–H and O–H groups in total. The molecule has 1 aliphatic rings. The zero-order chi connectivity index (χ0) is 16.9. The van der Waals surface area contributed by atoms with Crippen molar-refractivity contribution >= 4 is 17.7 Å². The summed E-state index contributed by atoms with van der Waals surface area (Å²) in [6.07, 6.45) is 2.00. The first-order valence-corrected chi connectivity index (χ1v) is 8.16. The minimum absolute atomic E-state index is 0.00719. The smallest absolute Gasteiger partial charge is 0.410 e. The molecule has 1 aromatic rings. The number of carbonyl (C=O) groups excluding carboxylic acids is 2. The number of likely N-dealkylation sites (tertiary alicyclic amines) is 1. The first-order chi connectivity index (χ1) is 10.8. The summed E-state index contributed by atoms with van der Waals surface area (Å²) in [6.45, 7) is 6.86. The maximum absolute atomic E-state index is 12.1. The number of nitrogens with one attached hydrogen (secondary N) is 1. The van der Waals surface area contributed by atoms with E-state index in [9.17, 15) is 9.59 Å². The van der Waals surface area contributed by atoms with Crippen LogP contribution in [0.3, 0.4) is 0 Å². The molecule has 0 spiro atoms. The highest BCUT2D eigenvalue weighted by molar-refractivity contribution is 5.90. The molecule has 0 aliphatic carbocycles. The van der Waals surface area contributed by atoms with Gasteiger partial charge in [-0.2, -0.15) is 0 Å². The standard InChI is InChI=1S/C18H26N2O3/c1-18(2,3)23-17(22)20-11-7-8-14(13-20)12-16(21)19-15-9-5-4-6-10-15/h4-6,9-10,14H,7-8,11-13H2,1-3H3,(H,19,21). The van der Waals surface area contributed by atoms with Crippen LogP contribution in [0.1, 0.15) is 40.0 Å². The lowest BCUT2D eigenvalue weighted by atomic mass is 9.94. The SMILES string of the molecule is CC(C)(C)OC(=O)N1CCCC(CC(=O)Nc2ccccc2)C1. The van der Waals surface area contributed by atoms with Gasteiger partial charge in [0.1, 0.15) is 5.60 Å². The van der Waals surface area contributed by atoms with Gasteiger partial charge in [-0.1, -0.05) is 18.2 Å². The molecule has 1 heterocycles. The van der Waals surface area contributed by atoms with Crippen molar-refractivity contribution in [2.24, 2.45) is 5.92 Å². The maximum atomic E-state index is 12.1. The molecule has 1 saturated heterocycles. The molecule has 1 atom stereocenters. The van der Waals surface area contributed by atoms with E-state index in [2.05, 4.69) is 5.32 Å². The van der Waals surface area contributed by atoms with E-state index >= 15 is 0 Å². The van der Waals surface area contributed by atoms with E-state index < -0.39 is 5.60 Å². The van der Waals surface area contributed by atoms with Crippen molar-refractivity contribution in [3.05, 3.63) is 30.3 Å². The summed E-state index contributed by atoms with van der Waals surface area (Å²) < 4.78 is 5.41. The largest absolute Gasteiger partial charge is 0.444 e. The van der Waals surface area contributed by atoms with Crippen LogP contribution in [0.4, 0.5) is 10.5 Å². The second kappa shape index (κ2) is 7.49. The second-order valence-electron chi connectivity index (χ2n) is 7.05. The minimum Gasteiger partial charge on any atom is -0.444 e. The molecule has 1 aromatic carbocycles. The van der Waals surface area contributed by atoms with Gasteiger partial charge in [0.25, 0.3) is 0 Å². The lowest BCUT2D eigenvalue weighted by molar-refractivity contribution is -0.117. The highest BCUT2D eigenvalue weighted by Gasteiger charge is 2.28. The van der Waals surface area contributed by atoms with Crippen LogP contribution in [0.5, 0.6) is 0 Å². The van der Waals surface area contributed by atoms with Crippen molar-refractivity contribution in [2.45, 2.75) is 45.6 Å². The lowest BCUT2D eigenvalue weighted by Gasteiger charge is -2.33. The van der Waals surface area contributed by atoms with Crippen LogP contribution < -0.4 is 5.32 Å². The molecule has 126 valence electrons. The number of rotatable bonds is 3. The number of carbonyl (C=O) groups is 2. The Morgan fingerprint density at radius 3 is 2.61 bits per heavy atom. The third kappa shape index (κ3) is 5.93. The monoisotopic (exact) mass is 318 g/mol. The van der Waals surface area contributed by atoms with E-state index in [1.165, 1.54) is 0 Å². The van der Waals surface area contributed by atoms with Crippen LogP contribution in [-0.4, -0.2) is 35.6 Å². The molecule has 5 heteroatoms. The van der Waals surface area contributed by atoms with E-state index in [0.717, 1.165) is 18.5 Å². The third-order valence-corrected chi connectivity index (χ3v) is 3.70. The predicted molar refractivity (Wildman–Crippen MR) is 90.2 cm³/mol. The van der Waals surface area contributed by atoms with Gasteiger partial charge in [0, 0.05) is 25.2 Å². The number of piperidine rings is 1. The molecule has 23 heavy (non-hydrogen) atoms. The normalized spacial score (nSPS) is 18.4. The zero-order valence-electron chi connectivity index (χ0n) is 14.2. The van der Waals surface area contributed by atoms with E-state index in [4.69, 9.17) is 4.74 Å². The number of para-hydroxylation sites is 1. The zero-order valence-corrected chi connectivity index (χ0v) is 14.2. The topological polar surface area (TPSA) is 58.6 Å². The van der Waals surface area contributed by atoms with Crippen LogP contribution in [0, 0.1) is 5.92 Å². The van der Waals surface area contributed by atoms with E-state index in [1.807, 2.05) is 51.1 Å². The second-order valence-corrected chi connectivity index (χ2v) is 7.05. The number of ether oxygens (including phenoxy) is 1. The molecular weight excluding hydrogens is 292 g/mol. The molecule has 2 rings (SSSR count). The van der Waals surface area contributed by atoms with Crippen molar-refractivity contribution in [3.8, 4) is 0 Å². The Kier molecular flexibility index (Phi) is 5.64. The summed E-state index contributed by atoms with van der Waals surface area (Å²) >= 11 is 0. The quantitative estimate of drug-likeness (QED) is 0.925. The first-order valence-electron chi connectivity index (χ1n) is 8.16. The van der Waals surface area contributed by atoms with Crippen molar-refractivity contribution < 1.29 is 14.3 Å². The van der Waals surface area contributed by atoms with E-state index in [1.54, 1.807) is 4.90 Å². The number of hydrogen-bond acceptors (Lipinski definition) is 3. The third-order valence-electron chi connectivity index (χ3n) is 3.70. The van der Waals surface area contributed by atoms with Gasteiger partial charge in [0.05, 0.1) is 0 Å². The Labute approximate surface area is 138 Å². The number of anilines is 1. The fourth-order valence-electron chi connectivity index (χ4n) is 2.72. The molecular formula is C18H26N2O3.